The van der Waals surface area contributed by atoms with E-state index in [0.717, 1.165) is 11.1 Å². The average molecular weight is 269 g/mol. The van der Waals surface area contributed by atoms with Gasteiger partial charge in [0.2, 0.25) is 0 Å². The van der Waals surface area contributed by atoms with Gasteiger partial charge in [-0.1, -0.05) is 36.1 Å². The highest BCUT2D eigenvalue weighted by Crippen LogP contribution is 2.20. The van der Waals surface area contributed by atoms with E-state index in [4.69, 9.17) is 10.5 Å². The van der Waals surface area contributed by atoms with Crippen molar-refractivity contribution >= 4 is 0 Å². The lowest BCUT2D eigenvalue weighted by molar-refractivity contribution is 0.347. The highest BCUT2D eigenvalue weighted by atomic mass is 19.1. The van der Waals surface area contributed by atoms with Crippen LogP contribution < -0.4 is 10.5 Å². The molecule has 0 aromatic heterocycles. The van der Waals surface area contributed by atoms with E-state index in [-0.39, 0.29) is 18.4 Å². The summed E-state index contributed by atoms with van der Waals surface area (Å²) in [5.41, 5.74) is 7.34. The Bertz CT molecular complexity index is 626. The van der Waals surface area contributed by atoms with Gasteiger partial charge in [-0.3, -0.25) is 0 Å². The van der Waals surface area contributed by atoms with Gasteiger partial charge in [0.25, 0.3) is 0 Å². The molecule has 0 unspecified atom stereocenters. The molecule has 0 fully saturated rings. The molecule has 2 aromatic carbocycles. The molecule has 2 rings (SSSR count). The first kappa shape index (κ1) is 14.1. The number of hydrogen-bond acceptors (Lipinski definition) is 2. The van der Waals surface area contributed by atoms with Crippen molar-refractivity contribution in [3.8, 4) is 17.6 Å². The summed E-state index contributed by atoms with van der Waals surface area (Å²) in [6, 6.07) is 14.1. The van der Waals surface area contributed by atoms with Crippen LogP contribution in [-0.2, 0) is 0 Å². The molecule has 1 atom stereocenters. The summed E-state index contributed by atoms with van der Waals surface area (Å²) in [4.78, 5) is 0. The lowest BCUT2D eigenvalue weighted by atomic mass is 10.1. The summed E-state index contributed by atoms with van der Waals surface area (Å²) < 4.78 is 19.0. The Morgan fingerprint density at radius 1 is 1.20 bits per heavy atom. The van der Waals surface area contributed by atoms with Gasteiger partial charge in [-0.2, -0.15) is 0 Å². The van der Waals surface area contributed by atoms with Crippen LogP contribution in [0.1, 0.15) is 24.1 Å². The molecule has 0 heterocycles. The number of halogens is 1. The van der Waals surface area contributed by atoms with E-state index in [1.54, 1.807) is 19.1 Å². The maximum atomic E-state index is 13.7. The van der Waals surface area contributed by atoms with Gasteiger partial charge in [0.15, 0.2) is 11.6 Å². The van der Waals surface area contributed by atoms with Crippen molar-refractivity contribution in [3.63, 3.8) is 0 Å². The predicted molar refractivity (Wildman–Crippen MR) is 77.8 cm³/mol. The van der Waals surface area contributed by atoms with Crippen molar-refractivity contribution in [1.82, 2.24) is 0 Å². The van der Waals surface area contributed by atoms with E-state index in [9.17, 15) is 4.39 Å². The minimum Gasteiger partial charge on any atom is -0.478 e. The van der Waals surface area contributed by atoms with E-state index >= 15 is 0 Å². The van der Waals surface area contributed by atoms with E-state index < -0.39 is 5.82 Å². The zero-order valence-corrected chi connectivity index (χ0v) is 11.3. The van der Waals surface area contributed by atoms with E-state index in [2.05, 4.69) is 11.8 Å². The largest absolute Gasteiger partial charge is 0.478 e. The van der Waals surface area contributed by atoms with Crippen LogP contribution in [0.5, 0.6) is 5.75 Å². The maximum Gasteiger partial charge on any atom is 0.165 e. The zero-order chi connectivity index (χ0) is 14.4. The number of hydrogen-bond donors (Lipinski definition) is 1. The molecule has 0 bridgehead atoms. The Morgan fingerprint density at radius 3 is 2.60 bits per heavy atom. The molecule has 0 radical (unpaired) electrons. The fourth-order valence-electron chi connectivity index (χ4n) is 1.69. The van der Waals surface area contributed by atoms with Crippen LogP contribution in [0.2, 0.25) is 0 Å². The highest BCUT2D eigenvalue weighted by Gasteiger charge is 2.06. The maximum absolute atomic E-state index is 13.7. The first-order valence-electron chi connectivity index (χ1n) is 6.38. The van der Waals surface area contributed by atoms with Crippen LogP contribution in [0.15, 0.2) is 48.5 Å². The van der Waals surface area contributed by atoms with Crippen LogP contribution >= 0.6 is 0 Å². The molecule has 0 saturated carbocycles. The second-order valence-electron chi connectivity index (χ2n) is 4.44. The van der Waals surface area contributed by atoms with Crippen molar-refractivity contribution in [1.29, 1.82) is 0 Å². The summed E-state index contributed by atoms with van der Waals surface area (Å²) in [6.45, 7) is 1.95. The quantitative estimate of drug-likeness (QED) is 0.868. The normalized spacial score (nSPS) is 11.3. The van der Waals surface area contributed by atoms with E-state index in [1.165, 1.54) is 6.07 Å². The molecule has 0 spiro atoms. The third-order valence-corrected chi connectivity index (χ3v) is 2.79. The molecular formula is C17H16FNO. The van der Waals surface area contributed by atoms with E-state index in [1.807, 2.05) is 30.3 Å². The molecular weight excluding hydrogens is 253 g/mol. The second kappa shape index (κ2) is 6.74. The number of benzene rings is 2. The fourth-order valence-corrected chi connectivity index (χ4v) is 1.69. The van der Waals surface area contributed by atoms with Gasteiger partial charge < -0.3 is 10.5 Å². The Kier molecular flexibility index (Phi) is 4.75. The summed E-state index contributed by atoms with van der Waals surface area (Å²) in [6.07, 6.45) is 0. The average Bonchev–Trinajstić information content (AvgIpc) is 2.46. The fraction of sp³-hybridized carbons (Fsp3) is 0.176. The number of rotatable bonds is 3. The zero-order valence-electron chi connectivity index (χ0n) is 11.3. The molecule has 0 aliphatic carbocycles. The van der Waals surface area contributed by atoms with E-state index in [0.29, 0.717) is 0 Å². The minimum absolute atomic E-state index is 0.142. The molecule has 0 aliphatic heterocycles. The molecule has 102 valence electrons. The van der Waals surface area contributed by atoms with Crippen molar-refractivity contribution < 1.29 is 9.13 Å². The molecule has 2 aromatic rings. The summed E-state index contributed by atoms with van der Waals surface area (Å²) in [5.74, 6) is 5.57. The molecule has 3 heteroatoms. The topological polar surface area (TPSA) is 35.2 Å². The third-order valence-electron chi connectivity index (χ3n) is 2.79. The van der Waals surface area contributed by atoms with Gasteiger partial charge in [-0.15, -0.1) is 0 Å². The third kappa shape index (κ3) is 3.84. The SMILES string of the molecule is C[C@H](N)c1ccc(OCC#Cc2ccccc2)c(F)c1. The molecule has 20 heavy (non-hydrogen) atoms. The predicted octanol–water partition coefficient (Wildman–Crippen LogP) is 3.28. The first-order valence-corrected chi connectivity index (χ1v) is 6.38. The Balaban J connectivity index is 1.97. The minimum atomic E-state index is -0.415. The number of ether oxygens (including phenoxy) is 1. The molecule has 2 nitrogen and oxygen atoms in total. The van der Waals surface area contributed by atoms with Gasteiger partial charge in [0, 0.05) is 11.6 Å². The van der Waals surface area contributed by atoms with Gasteiger partial charge in [0.1, 0.15) is 6.61 Å². The van der Waals surface area contributed by atoms with Gasteiger partial charge >= 0.3 is 0 Å². The molecule has 0 aliphatic rings. The standard InChI is InChI=1S/C17H16FNO/c1-13(19)15-9-10-17(16(18)12-15)20-11-5-8-14-6-3-2-4-7-14/h2-4,6-7,9-10,12-13H,11,19H2,1H3/t13-/m0/s1. The highest BCUT2D eigenvalue weighted by molar-refractivity contribution is 5.34. The smallest absolute Gasteiger partial charge is 0.165 e. The molecule has 0 amide bonds. The van der Waals surface area contributed by atoms with Gasteiger partial charge in [-0.25, -0.2) is 4.39 Å². The first-order chi connectivity index (χ1) is 9.66. The lowest BCUT2D eigenvalue weighted by Crippen LogP contribution is -2.06. The van der Waals surface area contributed by atoms with Crippen molar-refractivity contribution in [2.45, 2.75) is 13.0 Å². The molecule has 2 N–H and O–H groups in total. The summed E-state index contributed by atoms with van der Waals surface area (Å²) in [5, 5.41) is 0. The van der Waals surface area contributed by atoms with Crippen molar-refractivity contribution in [3.05, 3.63) is 65.5 Å². The monoisotopic (exact) mass is 269 g/mol. The van der Waals surface area contributed by atoms with Crippen LogP contribution in [0.4, 0.5) is 4.39 Å². The number of nitrogens with two attached hydrogens (primary N) is 1. The van der Waals surface area contributed by atoms with Gasteiger partial charge in [-0.05, 0) is 36.8 Å². The Morgan fingerprint density at radius 2 is 1.95 bits per heavy atom. The summed E-state index contributed by atoms with van der Waals surface area (Å²) >= 11 is 0. The van der Waals surface area contributed by atoms with Gasteiger partial charge in [0.05, 0.1) is 0 Å². The van der Waals surface area contributed by atoms with Crippen molar-refractivity contribution in [2.75, 3.05) is 6.61 Å². The van der Waals surface area contributed by atoms with Crippen LogP contribution in [-0.4, -0.2) is 6.61 Å². The van der Waals surface area contributed by atoms with Crippen LogP contribution in [0.25, 0.3) is 0 Å². The molecule has 0 saturated heterocycles. The Labute approximate surface area is 118 Å². The second-order valence-corrected chi connectivity index (χ2v) is 4.44. The van der Waals surface area contributed by atoms with Crippen LogP contribution in [0, 0.1) is 17.7 Å². The lowest BCUT2D eigenvalue weighted by Gasteiger charge is -2.08. The Hall–Kier alpha value is -2.31. The van der Waals surface area contributed by atoms with Crippen LogP contribution in [0.3, 0.4) is 0 Å². The van der Waals surface area contributed by atoms with Crippen molar-refractivity contribution in [2.24, 2.45) is 5.73 Å². The summed E-state index contributed by atoms with van der Waals surface area (Å²) in [7, 11) is 0.